The highest BCUT2D eigenvalue weighted by atomic mass is 79.9. The van der Waals surface area contributed by atoms with E-state index >= 15 is 0 Å². The fraction of sp³-hybridized carbons (Fsp3) is 0.647. The second-order valence-corrected chi connectivity index (χ2v) is 6.78. The number of rotatable bonds is 8. The Hall–Kier alpha value is -0.540. The van der Waals surface area contributed by atoms with Gasteiger partial charge in [-0.2, -0.15) is 0 Å². The maximum Gasteiger partial charge on any atom is 0.133 e. The maximum atomic E-state index is 6.00. The molecule has 1 aromatic carbocycles. The van der Waals surface area contributed by atoms with Crippen molar-refractivity contribution in [3.8, 4) is 5.75 Å². The van der Waals surface area contributed by atoms with Crippen LogP contribution in [0.15, 0.2) is 22.7 Å². The quantitative estimate of drug-likeness (QED) is 0.690. The summed E-state index contributed by atoms with van der Waals surface area (Å²) in [4.78, 5) is 0. The molecule has 0 radical (unpaired) electrons. The summed E-state index contributed by atoms with van der Waals surface area (Å²) in [5.41, 5.74) is 1.29. The first-order valence-electron chi connectivity index (χ1n) is 7.63. The van der Waals surface area contributed by atoms with Crippen LogP contribution in [-0.4, -0.2) is 12.6 Å². The molecule has 1 rings (SSSR count). The van der Waals surface area contributed by atoms with Crippen LogP contribution in [0.25, 0.3) is 0 Å². The van der Waals surface area contributed by atoms with Crippen LogP contribution in [0.1, 0.15) is 59.1 Å². The normalized spacial score (nSPS) is 14.3. The molecule has 0 saturated carbocycles. The Morgan fingerprint density at radius 3 is 2.45 bits per heavy atom. The van der Waals surface area contributed by atoms with Gasteiger partial charge in [0.1, 0.15) is 5.75 Å². The van der Waals surface area contributed by atoms with Crippen LogP contribution in [-0.2, 0) is 0 Å². The predicted octanol–water partition coefficient (Wildman–Crippen LogP) is 5.32. The van der Waals surface area contributed by atoms with Crippen molar-refractivity contribution < 1.29 is 4.74 Å². The number of hydrogen-bond acceptors (Lipinski definition) is 2. The Kier molecular flexibility index (Phi) is 7.60. The van der Waals surface area contributed by atoms with Crippen LogP contribution in [0.4, 0.5) is 0 Å². The van der Waals surface area contributed by atoms with Crippen LogP contribution in [0.2, 0.25) is 0 Å². The minimum absolute atomic E-state index is 0.243. The minimum atomic E-state index is 0.243. The maximum absolute atomic E-state index is 6.00. The second kappa shape index (κ2) is 8.68. The van der Waals surface area contributed by atoms with Gasteiger partial charge in [-0.25, -0.2) is 0 Å². The zero-order chi connectivity index (χ0) is 15.1. The van der Waals surface area contributed by atoms with Gasteiger partial charge in [-0.05, 0) is 72.8 Å². The van der Waals surface area contributed by atoms with E-state index in [1.165, 1.54) is 5.56 Å². The monoisotopic (exact) mass is 341 g/mol. The molecule has 0 amide bonds. The molecule has 0 aromatic heterocycles. The van der Waals surface area contributed by atoms with Gasteiger partial charge in [-0.3, -0.25) is 0 Å². The molecule has 2 atom stereocenters. The predicted molar refractivity (Wildman–Crippen MR) is 90.4 cm³/mol. The van der Waals surface area contributed by atoms with E-state index in [2.05, 4.69) is 74.1 Å². The standard InChI is InChI=1S/C17H28BrNO/c1-6-9-19-14(5)15-7-8-17(16(18)11-15)20-13(4)10-12(2)3/h7-8,11-14,19H,6,9-10H2,1-5H3. The van der Waals surface area contributed by atoms with E-state index in [-0.39, 0.29) is 6.10 Å². The first-order valence-corrected chi connectivity index (χ1v) is 8.42. The highest BCUT2D eigenvalue weighted by molar-refractivity contribution is 9.10. The first kappa shape index (κ1) is 17.5. The van der Waals surface area contributed by atoms with Gasteiger partial charge in [-0.1, -0.05) is 26.8 Å². The van der Waals surface area contributed by atoms with Crippen LogP contribution in [0.5, 0.6) is 5.75 Å². The van der Waals surface area contributed by atoms with Crippen molar-refractivity contribution in [2.75, 3.05) is 6.54 Å². The van der Waals surface area contributed by atoms with Gasteiger partial charge in [0.25, 0.3) is 0 Å². The van der Waals surface area contributed by atoms with Crippen LogP contribution in [0, 0.1) is 5.92 Å². The third-order valence-corrected chi connectivity index (χ3v) is 3.91. The summed E-state index contributed by atoms with van der Waals surface area (Å²) in [6, 6.07) is 6.74. The Bertz CT molecular complexity index is 406. The fourth-order valence-corrected chi connectivity index (χ4v) is 2.78. The molecule has 0 saturated heterocycles. The van der Waals surface area contributed by atoms with E-state index < -0.39 is 0 Å². The Morgan fingerprint density at radius 2 is 1.90 bits per heavy atom. The Labute approximate surface area is 132 Å². The Morgan fingerprint density at radius 1 is 1.20 bits per heavy atom. The highest BCUT2D eigenvalue weighted by Crippen LogP contribution is 2.29. The van der Waals surface area contributed by atoms with Crippen molar-refractivity contribution in [3.63, 3.8) is 0 Å². The van der Waals surface area contributed by atoms with Gasteiger partial charge in [0.05, 0.1) is 10.6 Å². The molecule has 0 spiro atoms. The van der Waals surface area contributed by atoms with Crippen LogP contribution in [0.3, 0.4) is 0 Å². The lowest BCUT2D eigenvalue weighted by Gasteiger charge is -2.19. The summed E-state index contributed by atoms with van der Waals surface area (Å²) in [5, 5.41) is 3.50. The number of hydrogen-bond donors (Lipinski definition) is 1. The van der Waals surface area contributed by atoms with Gasteiger partial charge in [-0.15, -0.1) is 0 Å². The minimum Gasteiger partial charge on any atom is -0.490 e. The molecule has 2 nitrogen and oxygen atoms in total. The van der Waals surface area contributed by atoms with Crippen molar-refractivity contribution in [2.24, 2.45) is 5.92 Å². The molecule has 0 aliphatic rings. The summed E-state index contributed by atoms with van der Waals surface area (Å²) in [7, 11) is 0. The van der Waals surface area contributed by atoms with E-state index in [4.69, 9.17) is 4.74 Å². The number of nitrogens with one attached hydrogen (secondary N) is 1. The lowest BCUT2D eigenvalue weighted by Crippen LogP contribution is -2.19. The van der Waals surface area contributed by atoms with Gasteiger partial charge in [0.2, 0.25) is 0 Å². The molecular weight excluding hydrogens is 314 g/mol. The summed E-state index contributed by atoms with van der Waals surface area (Å²) in [6.07, 6.45) is 2.47. The third kappa shape index (κ3) is 5.84. The van der Waals surface area contributed by atoms with Gasteiger partial charge < -0.3 is 10.1 Å². The number of ether oxygens (including phenoxy) is 1. The van der Waals surface area contributed by atoms with Crippen LogP contribution >= 0.6 is 15.9 Å². The second-order valence-electron chi connectivity index (χ2n) is 5.92. The topological polar surface area (TPSA) is 21.3 Å². The SMILES string of the molecule is CCCNC(C)c1ccc(OC(C)CC(C)C)c(Br)c1. The van der Waals surface area contributed by atoms with E-state index in [1.54, 1.807) is 0 Å². The molecule has 0 aliphatic heterocycles. The summed E-state index contributed by atoms with van der Waals surface area (Å²) in [5.74, 6) is 1.59. The lowest BCUT2D eigenvalue weighted by molar-refractivity contribution is 0.192. The number of benzene rings is 1. The van der Waals surface area contributed by atoms with E-state index in [1.807, 2.05) is 0 Å². The average Bonchev–Trinajstić information content (AvgIpc) is 2.37. The Balaban J connectivity index is 2.68. The van der Waals surface area contributed by atoms with Crippen molar-refractivity contribution in [1.29, 1.82) is 0 Å². The largest absolute Gasteiger partial charge is 0.490 e. The van der Waals surface area contributed by atoms with Gasteiger partial charge in [0, 0.05) is 6.04 Å². The van der Waals surface area contributed by atoms with E-state index in [9.17, 15) is 0 Å². The van der Waals surface area contributed by atoms with Crippen molar-refractivity contribution >= 4 is 15.9 Å². The van der Waals surface area contributed by atoms with Gasteiger partial charge >= 0.3 is 0 Å². The first-order chi connectivity index (χ1) is 9.43. The number of halogens is 1. The molecule has 0 bridgehead atoms. The van der Waals surface area contributed by atoms with E-state index in [0.717, 1.165) is 29.6 Å². The molecule has 2 unspecified atom stereocenters. The van der Waals surface area contributed by atoms with Crippen molar-refractivity contribution in [2.45, 2.75) is 59.6 Å². The molecule has 1 N–H and O–H groups in total. The molecule has 0 aliphatic carbocycles. The smallest absolute Gasteiger partial charge is 0.133 e. The lowest BCUT2D eigenvalue weighted by atomic mass is 10.1. The summed E-state index contributed by atoms with van der Waals surface area (Å²) < 4.78 is 7.04. The summed E-state index contributed by atoms with van der Waals surface area (Å²) in [6.45, 7) is 12.0. The van der Waals surface area contributed by atoms with Crippen LogP contribution < -0.4 is 10.1 Å². The van der Waals surface area contributed by atoms with Crippen molar-refractivity contribution in [3.05, 3.63) is 28.2 Å². The summed E-state index contributed by atoms with van der Waals surface area (Å²) >= 11 is 3.63. The zero-order valence-corrected chi connectivity index (χ0v) is 15.0. The molecule has 0 fully saturated rings. The average molecular weight is 342 g/mol. The molecule has 114 valence electrons. The molecule has 0 heterocycles. The highest BCUT2D eigenvalue weighted by Gasteiger charge is 2.11. The van der Waals surface area contributed by atoms with Gasteiger partial charge in [0.15, 0.2) is 0 Å². The zero-order valence-electron chi connectivity index (χ0n) is 13.4. The molecule has 20 heavy (non-hydrogen) atoms. The molecule has 3 heteroatoms. The molecular formula is C17H28BrNO. The third-order valence-electron chi connectivity index (χ3n) is 3.29. The van der Waals surface area contributed by atoms with Crippen molar-refractivity contribution in [1.82, 2.24) is 5.32 Å². The van der Waals surface area contributed by atoms with E-state index in [0.29, 0.717) is 12.0 Å². The fourth-order valence-electron chi connectivity index (χ4n) is 2.29. The molecule has 1 aromatic rings.